The van der Waals surface area contributed by atoms with Crippen molar-refractivity contribution in [1.82, 2.24) is 0 Å². The summed E-state index contributed by atoms with van der Waals surface area (Å²) in [7, 11) is 0. The molecular formula is C19H21N3O2. The molecule has 5 nitrogen and oxygen atoms in total. The van der Waals surface area contributed by atoms with Gasteiger partial charge in [0.25, 0.3) is 5.91 Å². The van der Waals surface area contributed by atoms with Gasteiger partial charge in [0.1, 0.15) is 12.3 Å². The molecule has 0 spiro atoms. The smallest absolute Gasteiger partial charge is 0.255 e. The van der Waals surface area contributed by atoms with Crippen LogP contribution in [0.2, 0.25) is 0 Å². The zero-order valence-corrected chi connectivity index (χ0v) is 14.2. The number of benzene rings is 2. The average molecular weight is 323 g/mol. The second kappa shape index (κ2) is 6.74. The zero-order chi connectivity index (χ0) is 17.1. The molecule has 0 fully saturated rings. The van der Waals surface area contributed by atoms with Gasteiger partial charge in [-0.15, -0.1) is 0 Å². The molecule has 0 unspecified atom stereocenters. The SMILES string of the molecule is CCOc1ccc(N2C(=O)CN=C2Nc2ccc(C)c(C)c2)cc1. The van der Waals surface area contributed by atoms with E-state index in [2.05, 4.69) is 36.3 Å². The number of ether oxygens (including phenoxy) is 1. The standard InChI is InChI=1S/C19H21N3O2/c1-4-24-17-9-7-16(8-10-17)22-18(23)12-20-19(22)21-15-6-5-13(2)14(3)11-15/h5-11H,4,12H2,1-3H3,(H,20,21). The summed E-state index contributed by atoms with van der Waals surface area (Å²) < 4.78 is 5.45. The highest BCUT2D eigenvalue weighted by molar-refractivity contribution is 6.24. The summed E-state index contributed by atoms with van der Waals surface area (Å²) in [6, 6.07) is 13.5. The van der Waals surface area contributed by atoms with Crippen molar-refractivity contribution in [3.63, 3.8) is 0 Å². The molecule has 2 aromatic carbocycles. The van der Waals surface area contributed by atoms with Crippen molar-refractivity contribution in [2.75, 3.05) is 23.4 Å². The van der Waals surface area contributed by atoms with Gasteiger partial charge in [-0.3, -0.25) is 4.79 Å². The fraction of sp³-hybridized carbons (Fsp3) is 0.263. The number of amides is 1. The fourth-order valence-electron chi connectivity index (χ4n) is 2.57. The first-order valence-electron chi connectivity index (χ1n) is 8.03. The number of anilines is 2. The van der Waals surface area contributed by atoms with Gasteiger partial charge in [-0.25, -0.2) is 9.89 Å². The van der Waals surface area contributed by atoms with Crippen LogP contribution < -0.4 is 15.0 Å². The third kappa shape index (κ3) is 3.25. The number of nitrogens with one attached hydrogen (secondary N) is 1. The quantitative estimate of drug-likeness (QED) is 0.936. The molecule has 124 valence electrons. The van der Waals surface area contributed by atoms with E-state index in [1.807, 2.05) is 37.3 Å². The number of carbonyl (C=O) groups excluding carboxylic acids is 1. The van der Waals surface area contributed by atoms with Crippen molar-refractivity contribution in [2.24, 2.45) is 4.99 Å². The van der Waals surface area contributed by atoms with E-state index < -0.39 is 0 Å². The Morgan fingerprint density at radius 2 is 1.88 bits per heavy atom. The predicted molar refractivity (Wildman–Crippen MR) is 96.9 cm³/mol. The molecule has 0 radical (unpaired) electrons. The molecule has 0 saturated heterocycles. The number of aryl methyl sites for hydroxylation is 2. The first-order chi connectivity index (χ1) is 11.6. The van der Waals surface area contributed by atoms with Crippen molar-refractivity contribution >= 4 is 23.2 Å². The second-order valence-corrected chi connectivity index (χ2v) is 5.72. The second-order valence-electron chi connectivity index (χ2n) is 5.72. The van der Waals surface area contributed by atoms with Crippen molar-refractivity contribution in [1.29, 1.82) is 0 Å². The van der Waals surface area contributed by atoms with Crippen molar-refractivity contribution < 1.29 is 9.53 Å². The number of nitrogens with zero attached hydrogens (tertiary/aromatic N) is 2. The molecule has 0 atom stereocenters. The average Bonchev–Trinajstić information content (AvgIpc) is 2.93. The highest BCUT2D eigenvalue weighted by Gasteiger charge is 2.27. The summed E-state index contributed by atoms with van der Waals surface area (Å²) in [6.45, 7) is 6.84. The summed E-state index contributed by atoms with van der Waals surface area (Å²) in [6.07, 6.45) is 0. The van der Waals surface area contributed by atoms with Crippen molar-refractivity contribution in [3.05, 3.63) is 53.6 Å². The normalized spacial score (nSPS) is 13.9. The highest BCUT2D eigenvalue weighted by Crippen LogP contribution is 2.23. The monoisotopic (exact) mass is 323 g/mol. The molecule has 24 heavy (non-hydrogen) atoms. The van der Waals surface area contributed by atoms with Crippen LogP contribution in [0.5, 0.6) is 5.75 Å². The minimum atomic E-state index is -0.0505. The van der Waals surface area contributed by atoms with Crippen LogP contribution in [0.25, 0.3) is 0 Å². The number of guanidine groups is 1. The third-order valence-electron chi connectivity index (χ3n) is 3.99. The topological polar surface area (TPSA) is 53.9 Å². The summed E-state index contributed by atoms with van der Waals surface area (Å²) in [5.41, 5.74) is 4.12. The summed E-state index contributed by atoms with van der Waals surface area (Å²) >= 11 is 0. The van der Waals surface area contributed by atoms with Gasteiger partial charge in [0.15, 0.2) is 0 Å². The molecule has 1 aliphatic rings. The number of aliphatic imine (C=N–C) groups is 1. The van der Waals surface area contributed by atoms with Crippen LogP contribution in [0.1, 0.15) is 18.1 Å². The van der Waals surface area contributed by atoms with E-state index in [-0.39, 0.29) is 12.5 Å². The molecule has 0 bridgehead atoms. The van der Waals surface area contributed by atoms with E-state index in [9.17, 15) is 4.79 Å². The van der Waals surface area contributed by atoms with E-state index >= 15 is 0 Å². The van der Waals surface area contributed by atoms with Gasteiger partial charge < -0.3 is 10.1 Å². The Morgan fingerprint density at radius 3 is 2.54 bits per heavy atom. The lowest BCUT2D eigenvalue weighted by Crippen LogP contribution is -2.36. The summed E-state index contributed by atoms with van der Waals surface area (Å²) in [5.74, 6) is 1.28. The number of carbonyl (C=O) groups is 1. The Labute approximate surface area is 142 Å². The van der Waals surface area contributed by atoms with Crippen LogP contribution in [0.15, 0.2) is 47.5 Å². The van der Waals surface area contributed by atoms with Gasteiger partial charge in [-0.1, -0.05) is 6.07 Å². The molecule has 3 rings (SSSR count). The maximum Gasteiger partial charge on any atom is 0.255 e. The Kier molecular flexibility index (Phi) is 4.51. The van der Waals surface area contributed by atoms with Gasteiger partial charge in [0.2, 0.25) is 5.96 Å². The van der Waals surface area contributed by atoms with Gasteiger partial charge >= 0.3 is 0 Å². The molecule has 0 aromatic heterocycles. The van der Waals surface area contributed by atoms with E-state index in [1.54, 1.807) is 4.90 Å². The van der Waals surface area contributed by atoms with Crippen molar-refractivity contribution in [2.45, 2.75) is 20.8 Å². The largest absolute Gasteiger partial charge is 0.494 e. The van der Waals surface area contributed by atoms with E-state index in [0.29, 0.717) is 12.6 Å². The Balaban J connectivity index is 1.82. The number of hydrogen-bond donors (Lipinski definition) is 1. The van der Waals surface area contributed by atoms with Crippen molar-refractivity contribution in [3.8, 4) is 5.75 Å². The molecule has 2 aromatic rings. The maximum absolute atomic E-state index is 12.2. The molecule has 1 amide bonds. The van der Waals surface area contributed by atoms with Crippen LogP contribution in [0.3, 0.4) is 0 Å². The number of hydrogen-bond acceptors (Lipinski definition) is 4. The van der Waals surface area contributed by atoms with Crippen LogP contribution in [0, 0.1) is 13.8 Å². The lowest BCUT2D eigenvalue weighted by atomic mass is 10.1. The first kappa shape index (κ1) is 16.1. The number of rotatable bonds is 4. The Morgan fingerprint density at radius 1 is 1.12 bits per heavy atom. The molecule has 1 N–H and O–H groups in total. The predicted octanol–water partition coefficient (Wildman–Crippen LogP) is 3.52. The molecular weight excluding hydrogens is 302 g/mol. The lowest BCUT2D eigenvalue weighted by Gasteiger charge is -2.20. The van der Waals surface area contributed by atoms with Gasteiger partial charge in [-0.2, -0.15) is 0 Å². The Hall–Kier alpha value is -2.82. The van der Waals surface area contributed by atoms with Gasteiger partial charge in [0, 0.05) is 5.69 Å². The van der Waals surface area contributed by atoms with Crippen LogP contribution in [-0.4, -0.2) is 25.0 Å². The molecule has 5 heteroatoms. The highest BCUT2D eigenvalue weighted by atomic mass is 16.5. The third-order valence-corrected chi connectivity index (χ3v) is 3.99. The van der Waals surface area contributed by atoms with Gasteiger partial charge in [-0.05, 0) is 68.3 Å². The Bertz CT molecular complexity index is 782. The molecule has 1 heterocycles. The molecule has 0 aliphatic carbocycles. The summed E-state index contributed by atoms with van der Waals surface area (Å²) in [5, 5.41) is 3.25. The molecule has 1 aliphatic heterocycles. The minimum Gasteiger partial charge on any atom is -0.494 e. The zero-order valence-electron chi connectivity index (χ0n) is 14.2. The van der Waals surface area contributed by atoms with Crippen LogP contribution >= 0.6 is 0 Å². The maximum atomic E-state index is 12.2. The first-order valence-corrected chi connectivity index (χ1v) is 8.03. The fourth-order valence-corrected chi connectivity index (χ4v) is 2.57. The van der Waals surface area contributed by atoms with E-state index in [4.69, 9.17) is 4.74 Å². The van der Waals surface area contributed by atoms with E-state index in [0.717, 1.165) is 17.1 Å². The van der Waals surface area contributed by atoms with Gasteiger partial charge in [0.05, 0.1) is 12.3 Å². The lowest BCUT2D eigenvalue weighted by molar-refractivity contribution is -0.115. The van der Waals surface area contributed by atoms with Crippen LogP contribution in [0.4, 0.5) is 11.4 Å². The summed E-state index contributed by atoms with van der Waals surface area (Å²) in [4.78, 5) is 18.2. The van der Waals surface area contributed by atoms with E-state index in [1.165, 1.54) is 11.1 Å². The minimum absolute atomic E-state index is 0.0505. The molecule has 0 saturated carbocycles. The van der Waals surface area contributed by atoms with Crippen LogP contribution in [-0.2, 0) is 4.79 Å².